The first-order chi connectivity index (χ1) is 8.45. The zero-order chi connectivity index (χ0) is 13.6. The van der Waals surface area contributed by atoms with Crippen LogP contribution >= 0.6 is 11.8 Å². The largest absolute Gasteiger partial charge is 0.328 e. The van der Waals surface area contributed by atoms with E-state index in [0.29, 0.717) is 0 Å². The first kappa shape index (κ1) is 15.5. The van der Waals surface area contributed by atoms with Crippen molar-refractivity contribution in [3.8, 4) is 0 Å². The van der Waals surface area contributed by atoms with Gasteiger partial charge in [0.25, 0.3) is 0 Å². The molecule has 0 spiro atoms. The Bertz CT molecular complexity index is 344. The summed E-state index contributed by atoms with van der Waals surface area (Å²) in [7, 11) is 0. The Kier molecular flexibility index (Phi) is 6.19. The summed E-state index contributed by atoms with van der Waals surface area (Å²) in [5.74, 6) is 0. The maximum atomic E-state index is 5.74. The predicted octanol–water partition coefficient (Wildman–Crippen LogP) is 3.01. The summed E-state index contributed by atoms with van der Waals surface area (Å²) in [6.07, 6.45) is 3.14. The van der Waals surface area contributed by atoms with Crippen LogP contribution in [-0.4, -0.2) is 25.4 Å². The molecule has 18 heavy (non-hydrogen) atoms. The van der Waals surface area contributed by atoms with Gasteiger partial charge in [-0.3, -0.25) is 0 Å². The molecule has 0 radical (unpaired) electrons. The Morgan fingerprint density at radius 3 is 2.39 bits per heavy atom. The van der Waals surface area contributed by atoms with Crippen molar-refractivity contribution >= 4 is 11.8 Å². The Balaban J connectivity index is 2.50. The van der Waals surface area contributed by atoms with Gasteiger partial charge in [-0.05, 0) is 43.8 Å². The maximum absolute atomic E-state index is 5.74. The molecule has 0 saturated heterocycles. The maximum Gasteiger partial charge on any atom is 0.00693 e. The van der Waals surface area contributed by atoms with E-state index in [9.17, 15) is 0 Å². The summed E-state index contributed by atoms with van der Waals surface area (Å²) in [4.78, 5) is 1.32. The fourth-order valence-electron chi connectivity index (χ4n) is 1.87. The summed E-state index contributed by atoms with van der Waals surface area (Å²) in [5, 5.41) is 3.50. The van der Waals surface area contributed by atoms with Gasteiger partial charge in [0.2, 0.25) is 0 Å². The molecular weight excluding hydrogens is 240 g/mol. The highest BCUT2D eigenvalue weighted by Crippen LogP contribution is 2.24. The van der Waals surface area contributed by atoms with E-state index in [-0.39, 0.29) is 11.5 Å². The summed E-state index contributed by atoms with van der Waals surface area (Å²) in [5.41, 5.74) is 7.29. The van der Waals surface area contributed by atoms with Crippen molar-refractivity contribution in [3.63, 3.8) is 0 Å². The van der Waals surface area contributed by atoms with E-state index in [1.165, 1.54) is 10.5 Å². The molecule has 0 saturated carbocycles. The van der Waals surface area contributed by atoms with E-state index in [1.807, 2.05) is 6.92 Å². The lowest BCUT2D eigenvalue weighted by atomic mass is 9.84. The van der Waals surface area contributed by atoms with Gasteiger partial charge in [-0.15, -0.1) is 11.8 Å². The van der Waals surface area contributed by atoms with E-state index in [1.54, 1.807) is 11.8 Å². The van der Waals surface area contributed by atoms with Gasteiger partial charge in [-0.25, -0.2) is 0 Å². The Labute approximate surface area is 116 Å². The molecule has 0 aliphatic carbocycles. The predicted molar refractivity (Wildman–Crippen MR) is 82.4 cm³/mol. The Hall–Kier alpha value is -0.510. The van der Waals surface area contributed by atoms with Gasteiger partial charge in [0, 0.05) is 22.9 Å². The molecule has 0 aromatic heterocycles. The number of benzene rings is 1. The third kappa shape index (κ3) is 5.01. The fraction of sp³-hybridized carbons (Fsp3) is 0.600. The molecule has 1 aromatic carbocycles. The summed E-state index contributed by atoms with van der Waals surface area (Å²) < 4.78 is 0. The van der Waals surface area contributed by atoms with E-state index in [0.717, 1.165) is 19.5 Å². The molecule has 0 aliphatic heterocycles. The minimum atomic E-state index is 0.161. The van der Waals surface area contributed by atoms with E-state index < -0.39 is 0 Å². The standard InChI is InChI=1S/C15H26N2S/c1-12(16)9-10-17-11-15(2,3)13-5-7-14(18-4)8-6-13/h5-8,12,17H,9-11,16H2,1-4H3. The van der Waals surface area contributed by atoms with Gasteiger partial charge < -0.3 is 11.1 Å². The molecule has 0 bridgehead atoms. The van der Waals surface area contributed by atoms with Crippen LogP contribution in [0.3, 0.4) is 0 Å². The van der Waals surface area contributed by atoms with Crippen LogP contribution in [0.1, 0.15) is 32.8 Å². The SMILES string of the molecule is CSc1ccc(C(C)(C)CNCCC(C)N)cc1. The molecule has 0 amide bonds. The van der Waals surface area contributed by atoms with Crippen molar-refractivity contribution in [2.45, 2.75) is 43.5 Å². The Morgan fingerprint density at radius 1 is 1.28 bits per heavy atom. The van der Waals surface area contributed by atoms with Crippen LogP contribution in [-0.2, 0) is 5.41 Å². The first-order valence-electron chi connectivity index (χ1n) is 6.56. The van der Waals surface area contributed by atoms with Crippen LogP contribution in [0.15, 0.2) is 29.2 Å². The van der Waals surface area contributed by atoms with E-state index in [4.69, 9.17) is 5.73 Å². The van der Waals surface area contributed by atoms with Crippen LogP contribution < -0.4 is 11.1 Å². The molecule has 0 heterocycles. The summed E-state index contributed by atoms with van der Waals surface area (Å²) >= 11 is 1.78. The van der Waals surface area contributed by atoms with Crippen molar-refractivity contribution in [1.82, 2.24) is 5.32 Å². The zero-order valence-electron chi connectivity index (χ0n) is 12.0. The van der Waals surface area contributed by atoms with Gasteiger partial charge in [0.1, 0.15) is 0 Å². The van der Waals surface area contributed by atoms with Gasteiger partial charge in [0.15, 0.2) is 0 Å². The van der Waals surface area contributed by atoms with Gasteiger partial charge in [0.05, 0.1) is 0 Å². The fourth-order valence-corrected chi connectivity index (χ4v) is 2.28. The molecule has 1 aromatic rings. The normalized spacial score (nSPS) is 13.6. The highest BCUT2D eigenvalue weighted by atomic mass is 32.2. The van der Waals surface area contributed by atoms with Gasteiger partial charge in [-0.2, -0.15) is 0 Å². The van der Waals surface area contributed by atoms with Crippen molar-refractivity contribution in [3.05, 3.63) is 29.8 Å². The smallest absolute Gasteiger partial charge is 0.00693 e. The van der Waals surface area contributed by atoms with Crippen molar-refractivity contribution < 1.29 is 0 Å². The third-order valence-corrected chi connectivity index (χ3v) is 3.96. The lowest BCUT2D eigenvalue weighted by molar-refractivity contribution is 0.458. The lowest BCUT2D eigenvalue weighted by Gasteiger charge is -2.26. The summed E-state index contributed by atoms with van der Waals surface area (Å²) in [6, 6.07) is 9.15. The number of rotatable bonds is 7. The van der Waals surface area contributed by atoms with Crippen LogP contribution in [0.5, 0.6) is 0 Å². The van der Waals surface area contributed by atoms with Crippen LogP contribution in [0.2, 0.25) is 0 Å². The second kappa shape index (κ2) is 7.17. The molecule has 1 unspecified atom stereocenters. The van der Waals surface area contributed by atoms with E-state index in [2.05, 4.69) is 49.7 Å². The van der Waals surface area contributed by atoms with Crippen LogP contribution in [0.25, 0.3) is 0 Å². The highest BCUT2D eigenvalue weighted by molar-refractivity contribution is 7.98. The molecular formula is C15H26N2S. The number of thioether (sulfide) groups is 1. The molecule has 1 rings (SSSR count). The number of hydrogen-bond acceptors (Lipinski definition) is 3. The Morgan fingerprint density at radius 2 is 1.89 bits per heavy atom. The molecule has 1 atom stereocenters. The quantitative estimate of drug-likeness (QED) is 0.588. The topological polar surface area (TPSA) is 38.0 Å². The van der Waals surface area contributed by atoms with Crippen LogP contribution in [0.4, 0.5) is 0 Å². The number of hydrogen-bond donors (Lipinski definition) is 2. The molecule has 0 aliphatic rings. The van der Waals surface area contributed by atoms with Crippen LogP contribution in [0, 0.1) is 0 Å². The third-order valence-electron chi connectivity index (χ3n) is 3.21. The zero-order valence-corrected chi connectivity index (χ0v) is 12.8. The number of nitrogens with two attached hydrogens (primary N) is 1. The minimum Gasteiger partial charge on any atom is -0.328 e. The van der Waals surface area contributed by atoms with Crippen molar-refractivity contribution in [2.75, 3.05) is 19.3 Å². The molecule has 3 N–H and O–H groups in total. The molecule has 2 nitrogen and oxygen atoms in total. The van der Waals surface area contributed by atoms with Crippen molar-refractivity contribution in [2.24, 2.45) is 5.73 Å². The summed E-state index contributed by atoms with van der Waals surface area (Å²) in [6.45, 7) is 8.58. The second-order valence-electron chi connectivity index (χ2n) is 5.56. The highest BCUT2D eigenvalue weighted by Gasteiger charge is 2.19. The van der Waals surface area contributed by atoms with Crippen molar-refractivity contribution in [1.29, 1.82) is 0 Å². The van der Waals surface area contributed by atoms with E-state index >= 15 is 0 Å². The number of nitrogens with one attached hydrogen (secondary N) is 1. The monoisotopic (exact) mass is 266 g/mol. The molecule has 0 fully saturated rings. The van der Waals surface area contributed by atoms with Gasteiger partial charge >= 0.3 is 0 Å². The molecule has 102 valence electrons. The second-order valence-corrected chi connectivity index (χ2v) is 6.43. The average Bonchev–Trinajstić information content (AvgIpc) is 2.34. The lowest BCUT2D eigenvalue weighted by Crippen LogP contribution is -2.35. The molecule has 3 heteroatoms. The first-order valence-corrected chi connectivity index (χ1v) is 7.79. The average molecular weight is 266 g/mol. The van der Waals surface area contributed by atoms with Gasteiger partial charge in [-0.1, -0.05) is 26.0 Å². The minimum absolute atomic E-state index is 0.161.